The number of ether oxygens (including phenoxy) is 1. The Morgan fingerprint density at radius 3 is 2.37 bits per heavy atom. The number of nitrogens with zero attached hydrogens (tertiary/aromatic N) is 3. The molecule has 1 aromatic heterocycles. The first-order valence-corrected chi connectivity index (χ1v) is 12.1. The highest BCUT2D eigenvalue weighted by atomic mass is 32.1. The molecule has 0 atom stereocenters. The van der Waals surface area contributed by atoms with E-state index in [1.54, 1.807) is 35.3 Å². The molecule has 3 rings (SSSR count). The molecule has 35 heavy (non-hydrogen) atoms. The van der Waals surface area contributed by atoms with E-state index in [9.17, 15) is 19.7 Å². The predicted molar refractivity (Wildman–Crippen MR) is 135 cm³/mol. The quantitative estimate of drug-likeness (QED) is 0.287. The molecule has 0 aliphatic heterocycles. The number of thiophene rings is 1. The summed E-state index contributed by atoms with van der Waals surface area (Å²) in [5.74, 6) is -0.668. The van der Waals surface area contributed by atoms with Crippen LogP contribution in [0.15, 0.2) is 60.0 Å². The number of rotatable bonds is 11. The van der Waals surface area contributed by atoms with E-state index in [1.165, 1.54) is 18.1 Å². The molecule has 0 spiro atoms. The van der Waals surface area contributed by atoms with Crippen molar-refractivity contribution in [3.63, 3.8) is 0 Å². The number of nitro groups is 1. The van der Waals surface area contributed by atoms with Crippen LogP contribution < -0.4 is 0 Å². The molecule has 2 aromatic carbocycles. The van der Waals surface area contributed by atoms with Crippen molar-refractivity contribution >= 4 is 28.8 Å². The molecule has 0 radical (unpaired) electrons. The normalized spacial score (nSPS) is 10.7. The second kappa shape index (κ2) is 12.2. The first-order chi connectivity index (χ1) is 16.8. The van der Waals surface area contributed by atoms with Crippen LogP contribution in [0.1, 0.15) is 31.9 Å². The highest BCUT2D eigenvalue weighted by Gasteiger charge is 2.25. The number of hydrogen-bond donors (Lipinski definition) is 0. The molecular weight excluding hydrogens is 466 g/mol. The Labute approximate surface area is 208 Å². The van der Waals surface area contributed by atoms with Crippen LogP contribution in [0.4, 0.5) is 5.69 Å². The van der Waals surface area contributed by atoms with Crippen molar-refractivity contribution in [1.82, 2.24) is 9.80 Å². The maximum Gasteiger partial charge on any atom is 0.273 e. The van der Waals surface area contributed by atoms with Crippen LogP contribution in [0, 0.1) is 24.0 Å². The maximum atomic E-state index is 13.5. The zero-order valence-electron chi connectivity index (χ0n) is 20.1. The van der Waals surface area contributed by atoms with Gasteiger partial charge in [0, 0.05) is 42.3 Å². The van der Waals surface area contributed by atoms with E-state index >= 15 is 0 Å². The van der Waals surface area contributed by atoms with Crippen LogP contribution in [-0.4, -0.2) is 53.3 Å². The van der Waals surface area contributed by atoms with Crippen LogP contribution >= 0.6 is 11.3 Å². The average molecular weight is 496 g/mol. The topological polar surface area (TPSA) is 93.0 Å². The van der Waals surface area contributed by atoms with Gasteiger partial charge in [0.2, 0.25) is 5.91 Å². The lowest BCUT2D eigenvalue weighted by Gasteiger charge is -2.28. The van der Waals surface area contributed by atoms with Crippen molar-refractivity contribution in [1.29, 1.82) is 0 Å². The molecule has 0 aliphatic carbocycles. The highest BCUT2D eigenvalue weighted by Crippen LogP contribution is 2.22. The van der Waals surface area contributed by atoms with Crippen molar-refractivity contribution in [2.75, 3.05) is 26.8 Å². The van der Waals surface area contributed by atoms with Crippen LogP contribution in [-0.2, 0) is 22.6 Å². The molecule has 0 aliphatic rings. The largest absolute Gasteiger partial charge is 0.383 e. The molecular formula is C26H29N3O5S. The van der Waals surface area contributed by atoms with E-state index in [2.05, 4.69) is 0 Å². The minimum atomic E-state index is -0.512. The van der Waals surface area contributed by atoms with Crippen LogP contribution in [0.2, 0.25) is 0 Å². The monoisotopic (exact) mass is 495 g/mol. The summed E-state index contributed by atoms with van der Waals surface area (Å²) in [6.07, 6.45) is 0. The molecule has 0 unspecified atom stereocenters. The summed E-state index contributed by atoms with van der Waals surface area (Å²) < 4.78 is 5.15. The van der Waals surface area contributed by atoms with Gasteiger partial charge < -0.3 is 14.5 Å². The van der Waals surface area contributed by atoms with E-state index in [0.29, 0.717) is 18.7 Å². The number of aryl methyl sites for hydroxylation is 2. The van der Waals surface area contributed by atoms with Crippen molar-refractivity contribution < 1.29 is 19.2 Å². The Morgan fingerprint density at radius 2 is 1.74 bits per heavy atom. The predicted octanol–water partition coefficient (Wildman–Crippen LogP) is 4.59. The van der Waals surface area contributed by atoms with Gasteiger partial charge in [-0.2, -0.15) is 0 Å². The van der Waals surface area contributed by atoms with Crippen molar-refractivity contribution in [3.8, 4) is 0 Å². The van der Waals surface area contributed by atoms with Gasteiger partial charge >= 0.3 is 0 Å². The summed E-state index contributed by atoms with van der Waals surface area (Å²) in [7, 11) is 1.52. The van der Waals surface area contributed by atoms with E-state index in [-0.39, 0.29) is 36.9 Å². The molecule has 0 N–H and O–H groups in total. The number of hydrogen-bond acceptors (Lipinski definition) is 6. The summed E-state index contributed by atoms with van der Waals surface area (Å²) in [4.78, 5) is 41.9. The Kier molecular flexibility index (Phi) is 9.11. The summed E-state index contributed by atoms with van der Waals surface area (Å²) in [5, 5.41) is 13.4. The third-order valence-electron chi connectivity index (χ3n) is 5.70. The molecule has 9 heteroatoms. The molecule has 184 valence electrons. The van der Waals surface area contributed by atoms with Crippen LogP contribution in [0.5, 0.6) is 0 Å². The van der Waals surface area contributed by atoms with Crippen LogP contribution in [0.25, 0.3) is 0 Å². The fraction of sp³-hybridized carbons (Fsp3) is 0.308. The summed E-state index contributed by atoms with van der Waals surface area (Å²) in [6, 6.07) is 16.1. The number of methoxy groups -OCH3 is 1. The minimum Gasteiger partial charge on any atom is -0.383 e. The Hall–Kier alpha value is -3.56. The van der Waals surface area contributed by atoms with Gasteiger partial charge in [-0.25, -0.2) is 0 Å². The van der Waals surface area contributed by atoms with Crippen molar-refractivity contribution in [2.24, 2.45) is 0 Å². The molecule has 0 saturated heterocycles. The van der Waals surface area contributed by atoms with Gasteiger partial charge in [0.05, 0.1) is 18.1 Å². The lowest BCUT2D eigenvalue weighted by molar-refractivity contribution is -0.385. The first kappa shape index (κ1) is 26.1. The van der Waals surface area contributed by atoms with Crippen LogP contribution in [0.3, 0.4) is 0 Å². The lowest BCUT2D eigenvalue weighted by Crippen LogP contribution is -2.43. The molecule has 8 nitrogen and oxygen atoms in total. The van der Waals surface area contributed by atoms with Crippen molar-refractivity contribution in [2.45, 2.75) is 26.9 Å². The summed E-state index contributed by atoms with van der Waals surface area (Å²) in [6.45, 7) is 4.71. The number of carbonyl (C=O) groups is 2. The van der Waals surface area contributed by atoms with E-state index in [4.69, 9.17) is 4.74 Å². The third kappa shape index (κ3) is 6.97. The van der Waals surface area contributed by atoms with Gasteiger partial charge in [0.25, 0.3) is 11.6 Å². The smallest absolute Gasteiger partial charge is 0.273 e. The molecule has 0 saturated carbocycles. The molecule has 0 fully saturated rings. The van der Waals surface area contributed by atoms with Gasteiger partial charge in [-0.05, 0) is 42.5 Å². The maximum absolute atomic E-state index is 13.5. The van der Waals surface area contributed by atoms with E-state index < -0.39 is 10.8 Å². The SMILES string of the molecule is COCCN(CC(=O)N(Cc1ccccc1)Cc1sccc1C)C(=O)c1ccc(C)c([N+](=O)[O-])c1. The fourth-order valence-corrected chi connectivity index (χ4v) is 4.54. The number of benzene rings is 2. The standard InChI is InChI=1S/C26H29N3O5S/c1-19-9-10-22(15-23(19)29(32)33)26(31)27(12-13-34-3)18-25(30)28(16-21-7-5-4-6-8-21)17-24-20(2)11-14-35-24/h4-11,14-15H,12-13,16-18H2,1-3H3. The van der Waals surface area contributed by atoms with Gasteiger partial charge in [-0.15, -0.1) is 11.3 Å². The third-order valence-corrected chi connectivity index (χ3v) is 6.71. The molecule has 0 bridgehead atoms. The Morgan fingerprint density at radius 1 is 1.00 bits per heavy atom. The van der Waals surface area contributed by atoms with Gasteiger partial charge in [-0.1, -0.05) is 36.4 Å². The molecule has 3 aromatic rings. The van der Waals surface area contributed by atoms with Gasteiger partial charge in [-0.3, -0.25) is 19.7 Å². The van der Waals surface area contributed by atoms with Gasteiger partial charge in [0.15, 0.2) is 0 Å². The number of nitro benzene ring substituents is 1. The van der Waals surface area contributed by atoms with Crippen molar-refractivity contribution in [3.05, 3.63) is 97.2 Å². The number of carbonyl (C=O) groups excluding carboxylic acids is 2. The lowest BCUT2D eigenvalue weighted by atomic mass is 10.1. The minimum absolute atomic E-state index is 0.132. The molecule has 2 amide bonds. The fourth-order valence-electron chi connectivity index (χ4n) is 3.61. The molecule has 1 heterocycles. The number of amides is 2. The highest BCUT2D eigenvalue weighted by molar-refractivity contribution is 7.10. The Balaban J connectivity index is 1.85. The summed E-state index contributed by atoms with van der Waals surface area (Å²) >= 11 is 1.59. The van der Waals surface area contributed by atoms with Gasteiger partial charge in [0.1, 0.15) is 6.54 Å². The van der Waals surface area contributed by atoms with E-state index in [0.717, 1.165) is 16.0 Å². The van der Waals surface area contributed by atoms with E-state index in [1.807, 2.05) is 48.7 Å². The second-order valence-electron chi connectivity index (χ2n) is 8.24. The average Bonchev–Trinajstić information content (AvgIpc) is 3.25. The zero-order chi connectivity index (χ0) is 25.4. The zero-order valence-corrected chi connectivity index (χ0v) is 20.9. The Bertz CT molecular complexity index is 1180. The first-order valence-electron chi connectivity index (χ1n) is 11.2. The summed E-state index contributed by atoms with van der Waals surface area (Å²) in [5.41, 5.74) is 2.59. The second-order valence-corrected chi connectivity index (χ2v) is 9.24.